The predicted molar refractivity (Wildman–Crippen MR) is 87.4 cm³/mol. The Bertz CT molecular complexity index is 925. The van der Waals surface area contributed by atoms with Crippen molar-refractivity contribution in [3.05, 3.63) is 58.2 Å². The summed E-state index contributed by atoms with van der Waals surface area (Å²) >= 11 is 3.40. The van der Waals surface area contributed by atoms with E-state index in [0.29, 0.717) is 20.9 Å². The Kier molecular flexibility index (Phi) is 3.42. The van der Waals surface area contributed by atoms with Crippen LogP contribution in [0.4, 0.5) is 0 Å². The van der Waals surface area contributed by atoms with Crippen molar-refractivity contribution in [2.75, 3.05) is 0 Å². The molecule has 0 bridgehead atoms. The highest BCUT2D eigenvalue weighted by atomic mass is 79.9. The number of aromatic amines is 1. The van der Waals surface area contributed by atoms with Crippen molar-refractivity contribution in [2.24, 2.45) is 0 Å². The Morgan fingerprint density at radius 1 is 1.00 bits per heavy atom. The molecule has 0 spiro atoms. The Hall–Kier alpha value is -1.59. The molecule has 0 saturated carbocycles. The molecule has 108 valence electrons. The summed E-state index contributed by atoms with van der Waals surface area (Å²) in [4.78, 5) is 3.81. The number of H-pyrrole nitrogens is 1. The second kappa shape index (κ2) is 5.00. The molecule has 5 heteroatoms. The van der Waals surface area contributed by atoms with Crippen molar-refractivity contribution in [1.29, 1.82) is 0 Å². The molecule has 3 aromatic rings. The number of fused-ring (bicyclic) bond motifs is 1. The van der Waals surface area contributed by atoms with Gasteiger partial charge < -0.3 is 4.98 Å². The molecule has 3 rings (SSSR count). The van der Waals surface area contributed by atoms with E-state index >= 15 is 0 Å². The van der Waals surface area contributed by atoms with E-state index in [0.717, 1.165) is 15.6 Å². The second-order valence-corrected chi connectivity index (χ2v) is 7.89. The predicted octanol–water partition coefficient (Wildman–Crippen LogP) is 4.38. The zero-order valence-corrected chi connectivity index (χ0v) is 14.0. The fourth-order valence-corrected chi connectivity index (χ4v) is 4.46. The van der Waals surface area contributed by atoms with Gasteiger partial charge in [0.25, 0.3) is 0 Å². The molecule has 0 atom stereocenters. The molecule has 0 unspecified atom stereocenters. The molecule has 0 amide bonds. The minimum Gasteiger partial charge on any atom is -0.358 e. The molecule has 21 heavy (non-hydrogen) atoms. The maximum atomic E-state index is 12.9. The maximum Gasteiger partial charge on any atom is 0.208 e. The summed E-state index contributed by atoms with van der Waals surface area (Å²) in [7, 11) is -3.54. The fraction of sp³-hybridized carbons (Fsp3) is 0.125. The standard InChI is InChI=1S/C16H14BrNO2S/c1-10-3-6-13(7-4-10)21(19,20)16-11(2)18-15-8-5-12(17)9-14(15)16/h3-9,18H,1-2H3. The number of aryl methyl sites for hydroxylation is 2. The maximum absolute atomic E-state index is 12.9. The van der Waals surface area contributed by atoms with E-state index in [2.05, 4.69) is 20.9 Å². The number of hydrogen-bond acceptors (Lipinski definition) is 2. The molecule has 0 saturated heterocycles. The number of aromatic nitrogens is 1. The third-order valence-electron chi connectivity index (χ3n) is 3.49. The lowest BCUT2D eigenvalue weighted by Gasteiger charge is -2.05. The average Bonchev–Trinajstić information content (AvgIpc) is 2.75. The number of nitrogens with one attached hydrogen (secondary N) is 1. The first kappa shape index (κ1) is 14.4. The van der Waals surface area contributed by atoms with Crippen LogP contribution in [0.3, 0.4) is 0 Å². The van der Waals surface area contributed by atoms with Gasteiger partial charge in [-0.2, -0.15) is 0 Å². The van der Waals surface area contributed by atoms with Gasteiger partial charge in [0.05, 0.1) is 9.79 Å². The van der Waals surface area contributed by atoms with E-state index in [1.54, 1.807) is 19.1 Å². The summed E-state index contributed by atoms with van der Waals surface area (Å²) in [6, 6.07) is 12.5. The molecule has 0 aliphatic rings. The molecular formula is C16H14BrNO2S. The van der Waals surface area contributed by atoms with Gasteiger partial charge in [0.15, 0.2) is 0 Å². The summed E-state index contributed by atoms with van der Waals surface area (Å²) in [5.41, 5.74) is 2.51. The molecule has 1 aromatic heterocycles. The van der Waals surface area contributed by atoms with Crippen molar-refractivity contribution < 1.29 is 8.42 Å². The van der Waals surface area contributed by atoms with Crippen LogP contribution in [-0.4, -0.2) is 13.4 Å². The van der Waals surface area contributed by atoms with E-state index in [9.17, 15) is 8.42 Å². The zero-order chi connectivity index (χ0) is 15.2. The smallest absolute Gasteiger partial charge is 0.208 e. The number of hydrogen-bond donors (Lipinski definition) is 1. The molecular weight excluding hydrogens is 350 g/mol. The van der Waals surface area contributed by atoms with Crippen LogP contribution in [0, 0.1) is 13.8 Å². The number of rotatable bonds is 2. The highest BCUT2D eigenvalue weighted by molar-refractivity contribution is 9.10. The van der Waals surface area contributed by atoms with Gasteiger partial charge >= 0.3 is 0 Å². The van der Waals surface area contributed by atoms with Crippen LogP contribution in [-0.2, 0) is 9.84 Å². The quantitative estimate of drug-likeness (QED) is 0.734. The average molecular weight is 364 g/mol. The number of sulfone groups is 1. The Morgan fingerprint density at radius 2 is 1.67 bits per heavy atom. The first-order valence-electron chi connectivity index (χ1n) is 6.49. The lowest BCUT2D eigenvalue weighted by atomic mass is 10.2. The van der Waals surface area contributed by atoms with Crippen molar-refractivity contribution in [3.8, 4) is 0 Å². The van der Waals surface area contributed by atoms with Crippen LogP contribution in [0.1, 0.15) is 11.3 Å². The summed E-state index contributed by atoms with van der Waals surface area (Å²) in [6.45, 7) is 3.72. The summed E-state index contributed by atoms with van der Waals surface area (Å²) in [5.74, 6) is 0. The van der Waals surface area contributed by atoms with Crippen molar-refractivity contribution in [3.63, 3.8) is 0 Å². The van der Waals surface area contributed by atoms with Gasteiger partial charge in [-0.3, -0.25) is 0 Å². The SMILES string of the molecule is Cc1ccc(S(=O)(=O)c2c(C)[nH]c3ccc(Br)cc23)cc1. The van der Waals surface area contributed by atoms with Gasteiger partial charge in [-0.1, -0.05) is 33.6 Å². The fourth-order valence-electron chi connectivity index (χ4n) is 2.46. The third kappa shape index (κ3) is 2.40. The first-order valence-corrected chi connectivity index (χ1v) is 8.77. The zero-order valence-electron chi connectivity index (χ0n) is 11.6. The van der Waals surface area contributed by atoms with Gasteiger partial charge in [0, 0.05) is 21.1 Å². The molecule has 0 radical (unpaired) electrons. The topological polar surface area (TPSA) is 49.9 Å². The Balaban J connectivity index is 2.30. The van der Waals surface area contributed by atoms with Crippen molar-refractivity contribution >= 4 is 36.7 Å². The molecule has 2 aromatic carbocycles. The van der Waals surface area contributed by atoms with Crippen LogP contribution in [0.5, 0.6) is 0 Å². The van der Waals surface area contributed by atoms with Crippen LogP contribution < -0.4 is 0 Å². The second-order valence-electron chi connectivity index (χ2n) is 5.09. The van der Waals surface area contributed by atoms with Crippen molar-refractivity contribution in [1.82, 2.24) is 4.98 Å². The van der Waals surface area contributed by atoms with E-state index in [1.807, 2.05) is 37.3 Å². The van der Waals surface area contributed by atoms with Crippen LogP contribution in [0.2, 0.25) is 0 Å². The number of halogens is 1. The van der Waals surface area contributed by atoms with Crippen LogP contribution in [0.15, 0.2) is 56.7 Å². The minimum atomic E-state index is -3.54. The molecule has 0 fully saturated rings. The molecule has 0 aliphatic heterocycles. The Morgan fingerprint density at radius 3 is 2.33 bits per heavy atom. The summed E-state index contributed by atoms with van der Waals surface area (Å²) in [6.07, 6.45) is 0. The third-order valence-corrected chi connectivity index (χ3v) is 5.94. The monoisotopic (exact) mass is 363 g/mol. The van der Waals surface area contributed by atoms with E-state index in [-0.39, 0.29) is 0 Å². The largest absolute Gasteiger partial charge is 0.358 e. The van der Waals surface area contributed by atoms with Crippen LogP contribution in [0.25, 0.3) is 10.9 Å². The van der Waals surface area contributed by atoms with E-state index in [1.165, 1.54) is 0 Å². The lowest BCUT2D eigenvalue weighted by Crippen LogP contribution is -2.03. The highest BCUT2D eigenvalue weighted by Crippen LogP contribution is 2.33. The van der Waals surface area contributed by atoms with Gasteiger partial charge in [-0.05, 0) is 44.2 Å². The summed E-state index contributed by atoms with van der Waals surface area (Å²) < 4.78 is 26.7. The van der Waals surface area contributed by atoms with Crippen LogP contribution >= 0.6 is 15.9 Å². The highest BCUT2D eigenvalue weighted by Gasteiger charge is 2.24. The molecule has 1 heterocycles. The van der Waals surface area contributed by atoms with Gasteiger partial charge in [0.2, 0.25) is 9.84 Å². The number of benzene rings is 2. The van der Waals surface area contributed by atoms with E-state index in [4.69, 9.17) is 0 Å². The van der Waals surface area contributed by atoms with E-state index < -0.39 is 9.84 Å². The normalized spacial score (nSPS) is 12.0. The molecule has 3 nitrogen and oxygen atoms in total. The minimum absolute atomic E-state index is 0.317. The van der Waals surface area contributed by atoms with Gasteiger partial charge in [-0.15, -0.1) is 0 Å². The molecule has 0 aliphatic carbocycles. The molecule has 1 N–H and O–H groups in total. The first-order chi connectivity index (χ1) is 9.89. The van der Waals surface area contributed by atoms with Crippen molar-refractivity contribution in [2.45, 2.75) is 23.6 Å². The van der Waals surface area contributed by atoms with Gasteiger partial charge in [-0.25, -0.2) is 8.42 Å². The lowest BCUT2D eigenvalue weighted by molar-refractivity contribution is 0.596. The Labute approximate surface area is 132 Å². The summed E-state index contributed by atoms with van der Waals surface area (Å²) in [5, 5.41) is 0.711. The van der Waals surface area contributed by atoms with Gasteiger partial charge in [0.1, 0.15) is 0 Å².